The number of rotatable bonds is 4. The van der Waals surface area contributed by atoms with Gasteiger partial charge in [-0.15, -0.1) is 0 Å². The Bertz CT molecular complexity index is 501. The smallest absolute Gasteiger partial charge is 0.271 e. The Balaban J connectivity index is 2.24. The second kappa shape index (κ2) is 4.70. The van der Waals surface area contributed by atoms with Gasteiger partial charge in [0.25, 0.3) is 5.69 Å². The van der Waals surface area contributed by atoms with E-state index >= 15 is 0 Å². The zero-order valence-corrected chi connectivity index (χ0v) is 11.2. The molecular weight excluding hydrogens is 248 g/mol. The van der Waals surface area contributed by atoms with Gasteiger partial charge in [-0.25, -0.2) is 0 Å². The van der Waals surface area contributed by atoms with E-state index in [4.69, 9.17) is 4.74 Å². The van der Waals surface area contributed by atoms with Crippen molar-refractivity contribution < 1.29 is 14.8 Å². The lowest BCUT2D eigenvalue weighted by Gasteiger charge is -2.49. The number of hydrogen-bond donors (Lipinski definition) is 2. The van der Waals surface area contributed by atoms with Crippen LogP contribution in [0, 0.1) is 15.5 Å². The zero-order chi connectivity index (χ0) is 14.2. The second-order valence-electron chi connectivity index (χ2n) is 5.41. The third-order valence-electron chi connectivity index (χ3n) is 3.94. The van der Waals surface area contributed by atoms with Gasteiger partial charge in [0.15, 0.2) is 0 Å². The first-order valence-electron chi connectivity index (χ1n) is 6.13. The highest BCUT2D eigenvalue weighted by Crippen LogP contribution is 2.43. The van der Waals surface area contributed by atoms with Crippen molar-refractivity contribution in [1.29, 1.82) is 0 Å². The summed E-state index contributed by atoms with van der Waals surface area (Å²) < 4.78 is 5.20. The summed E-state index contributed by atoms with van der Waals surface area (Å²) in [6.45, 7) is 3.92. The summed E-state index contributed by atoms with van der Waals surface area (Å²) in [7, 11) is 1.52. The maximum absolute atomic E-state index is 10.8. The van der Waals surface area contributed by atoms with Gasteiger partial charge in [-0.05, 0) is 12.5 Å². The van der Waals surface area contributed by atoms with Crippen LogP contribution in [0.3, 0.4) is 0 Å². The van der Waals surface area contributed by atoms with Gasteiger partial charge in [0.2, 0.25) is 0 Å². The number of anilines is 1. The molecule has 0 aliphatic heterocycles. The summed E-state index contributed by atoms with van der Waals surface area (Å²) in [5, 5.41) is 23.7. The fraction of sp³-hybridized carbons (Fsp3) is 0.538. The molecule has 1 aliphatic carbocycles. The first kappa shape index (κ1) is 13.6. The van der Waals surface area contributed by atoms with Crippen LogP contribution in [0.5, 0.6) is 5.75 Å². The molecule has 2 atom stereocenters. The summed E-state index contributed by atoms with van der Waals surface area (Å²) in [5.41, 5.74) is 0.345. The molecule has 2 unspecified atom stereocenters. The number of ether oxygens (including phenoxy) is 1. The quantitative estimate of drug-likeness (QED) is 0.644. The Labute approximate surface area is 111 Å². The minimum atomic E-state index is -0.439. The third-order valence-corrected chi connectivity index (χ3v) is 3.94. The van der Waals surface area contributed by atoms with Crippen molar-refractivity contribution in [2.24, 2.45) is 5.41 Å². The summed E-state index contributed by atoms with van der Waals surface area (Å²) in [5.74, 6) is 0.558. The molecule has 0 heterocycles. The lowest BCUT2D eigenvalue weighted by atomic mass is 9.64. The fourth-order valence-corrected chi connectivity index (χ4v) is 2.26. The largest absolute Gasteiger partial charge is 0.495 e. The van der Waals surface area contributed by atoms with E-state index in [0.717, 1.165) is 0 Å². The van der Waals surface area contributed by atoms with Crippen molar-refractivity contribution in [3.05, 3.63) is 28.3 Å². The Morgan fingerprint density at radius 2 is 2.21 bits per heavy atom. The van der Waals surface area contributed by atoms with Crippen molar-refractivity contribution in [1.82, 2.24) is 0 Å². The van der Waals surface area contributed by atoms with E-state index in [1.165, 1.54) is 19.2 Å². The topological polar surface area (TPSA) is 84.6 Å². The number of aliphatic hydroxyl groups excluding tert-OH is 1. The number of nitro groups is 1. The molecule has 1 aromatic rings. The molecule has 0 spiro atoms. The molecule has 1 saturated carbocycles. The maximum atomic E-state index is 10.8. The van der Waals surface area contributed by atoms with Crippen LogP contribution in [0.1, 0.15) is 20.3 Å². The van der Waals surface area contributed by atoms with Crippen LogP contribution in [-0.4, -0.2) is 29.3 Å². The molecule has 6 heteroatoms. The average molecular weight is 266 g/mol. The summed E-state index contributed by atoms with van der Waals surface area (Å²) in [6.07, 6.45) is 0.272. The van der Waals surface area contributed by atoms with Crippen LogP contribution in [0.4, 0.5) is 11.4 Å². The number of aliphatic hydroxyl groups is 1. The van der Waals surface area contributed by atoms with Gasteiger partial charge in [-0.2, -0.15) is 0 Å². The number of nitrogens with one attached hydrogen (secondary N) is 1. The molecule has 1 fully saturated rings. The Morgan fingerprint density at radius 3 is 2.68 bits per heavy atom. The van der Waals surface area contributed by atoms with Gasteiger partial charge in [0.1, 0.15) is 5.75 Å². The molecule has 1 aliphatic rings. The Kier molecular flexibility index (Phi) is 3.36. The molecule has 0 aromatic heterocycles. The number of hydrogen-bond acceptors (Lipinski definition) is 5. The first-order chi connectivity index (χ1) is 8.86. The zero-order valence-electron chi connectivity index (χ0n) is 11.2. The van der Waals surface area contributed by atoms with Gasteiger partial charge in [0, 0.05) is 23.6 Å². The van der Waals surface area contributed by atoms with Crippen molar-refractivity contribution in [3.8, 4) is 5.75 Å². The molecule has 2 rings (SSSR count). The molecule has 0 saturated heterocycles. The van der Waals surface area contributed by atoms with Gasteiger partial charge in [-0.3, -0.25) is 10.1 Å². The normalized spacial score (nSPS) is 24.4. The van der Waals surface area contributed by atoms with E-state index in [9.17, 15) is 15.2 Å². The first-order valence-corrected chi connectivity index (χ1v) is 6.13. The van der Waals surface area contributed by atoms with Crippen LogP contribution in [0.25, 0.3) is 0 Å². The van der Waals surface area contributed by atoms with E-state index < -0.39 is 4.92 Å². The summed E-state index contributed by atoms with van der Waals surface area (Å²) >= 11 is 0. The number of non-ortho nitro benzene ring substituents is 1. The summed E-state index contributed by atoms with van der Waals surface area (Å²) in [4.78, 5) is 10.4. The lowest BCUT2D eigenvalue weighted by Crippen LogP contribution is -2.56. The SMILES string of the molecule is COc1ccc([N+](=O)[O-])cc1NC1CC(O)C1(C)C. The van der Waals surface area contributed by atoms with Crippen molar-refractivity contribution >= 4 is 11.4 Å². The minimum Gasteiger partial charge on any atom is -0.495 e. The summed E-state index contributed by atoms with van der Waals surface area (Å²) in [6, 6.07) is 4.51. The molecule has 104 valence electrons. The van der Waals surface area contributed by atoms with Crippen molar-refractivity contribution in [2.75, 3.05) is 12.4 Å². The number of methoxy groups -OCH3 is 1. The highest BCUT2D eigenvalue weighted by molar-refractivity contribution is 5.62. The third kappa shape index (κ3) is 2.35. The van der Waals surface area contributed by atoms with Crippen LogP contribution in [0.15, 0.2) is 18.2 Å². The van der Waals surface area contributed by atoms with Gasteiger partial charge in [-0.1, -0.05) is 13.8 Å². The van der Waals surface area contributed by atoms with E-state index in [1.54, 1.807) is 6.07 Å². The van der Waals surface area contributed by atoms with Gasteiger partial charge in [0.05, 0.1) is 23.8 Å². The lowest BCUT2D eigenvalue weighted by molar-refractivity contribution is -0.384. The molecular formula is C13H18N2O4. The number of nitro benzene ring substituents is 1. The van der Waals surface area contributed by atoms with E-state index in [2.05, 4.69) is 5.32 Å². The molecule has 1 aromatic carbocycles. The highest BCUT2D eigenvalue weighted by Gasteiger charge is 2.47. The van der Waals surface area contributed by atoms with E-state index in [-0.39, 0.29) is 23.2 Å². The van der Waals surface area contributed by atoms with E-state index in [1.807, 2.05) is 13.8 Å². The number of benzene rings is 1. The molecule has 2 N–H and O–H groups in total. The molecule has 0 radical (unpaired) electrons. The second-order valence-corrected chi connectivity index (χ2v) is 5.41. The average Bonchev–Trinajstić information content (AvgIpc) is 2.38. The van der Waals surface area contributed by atoms with Gasteiger partial charge >= 0.3 is 0 Å². The minimum absolute atomic E-state index is 0.0148. The standard InChI is InChI=1S/C13H18N2O4/c1-13(2)11(7-12(13)16)14-9-6-8(15(17)18)4-5-10(9)19-3/h4-6,11-12,14,16H,7H2,1-3H3. The predicted octanol–water partition coefficient (Wildman–Crippen LogP) is 2.17. The Hall–Kier alpha value is -1.82. The molecule has 0 bridgehead atoms. The molecule has 6 nitrogen and oxygen atoms in total. The van der Waals surface area contributed by atoms with Crippen molar-refractivity contribution in [3.63, 3.8) is 0 Å². The fourth-order valence-electron chi connectivity index (χ4n) is 2.26. The Morgan fingerprint density at radius 1 is 1.53 bits per heavy atom. The highest BCUT2D eigenvalue weighted by atomic mass is 16.6. The molecule has 0 amide bonds. The van der Waals surface area contributed by atoms with Crippen LogP contribution < -0.4 is 10.1 Å². The maximum Gasteiger partial charge on any atom is 0.271 e. The molecule has 19 heavy (non-hydrogen) atoms. The van der Waals surface area contributed by atoms with Crippen LogP contribution >= 0.6 is 0 Å². The predicted molar refractivity (Wildman–Crippen MR) is 71.5 cm³/mol. The van der Waals surface area contributed by atoms with Crippen LogP contribution in [0.2, 0.25) is 0 Å². The van der Waals surface area contributed by atoms with Crippen molar-refractivity contribution in [2.45, 2.75) is 32.4 Å². The van der Waals surface area contributed by atoms with E-state index in [0.29, 0.717) is 17.9 Å². The van der Waals surface area contributed by atoms with Crippen LogP contribution in [-0.2, 0) is 0 Å². The monoisotopic (exact) mass is 266 g/mol. The number of nitrogens with zero attached hydrogens (tertiary/aromatic N) is 1. The van der Waals surface area contributed by atoms with Gasteiger partial charge < -0.3 is 15.2 Å².